The fourth-order valence-electron chi connectivity index (χ4n) is 3.12. The summed E-state index contributed by atoms with van der Waals surface area (Å²) in [5.41, 5.74) is 1.53. The highest BCUT2D eigenvalue weighted by molar-refractivity contribution is 5.92. The molecule has 0 spiro atoms. The molecule has 140 valence electrons. The summed E-state index contributed by atoms with van der Waals surface area (Å²) in [5.74, 6) is 0.630. The van der Waals surface area contributed by atoms with Crippen LogP contribution < -0.4 is 9.64 Å². The molecule has 7 nitrogen and oxygen atoms in total. The van der Waals surface area contributed by atoms with Crippen molar-refractivity contribution >= 4 is 23.4 Å². The molecule has 0 atom stereocenters. The molecule has 2 aromatic rings. The molecule has 2 aromatic carbocycles. The van der Waals surface area contributed by atoms with E-state index in [1.165, 1.54) is 6.07 Å². The third-order valence-electron chi connectivity index (χ3n) is 4.55. The Hall–Kier alpha value is -3.35. The van der Waals surface area contributed by atoms with Gasteiger partial charge in [0.15, 0.2) is 0 Å². The number of nitrogens with zero attached hydrogens (tertiary/aromatic N) is 3. The fraction of sp³-hybridized carbons (Fsp3) is 0.250. The van der Waals surface area contributed by atoms with Gasteiger partial charge in [0, 0.05) is 43.9 Å². The molecule has 1 fully saturated rings. The number of rotatable bonds is 5. The average Bonchev–Trinajstić information content (AvgIpc) is 2.72. The van der Waals surface area contributed by atoms with Gasteiger partial charge < -0.3 is 14.5 Å². The second kappa shape index (κ2) is 8.35. The van der Waals surface area contributed by atoms with E-state index in [0.717, 1.165) is 5.56 Å². The first-order chi connectivity index (χ1) is 13.1. The maximum absolute atomic E-state index is 12.5. The van der Waals surface area contributed by atoms with Crippen LogP contribution in [0.15, 0.2) is 54.6 Å². The number of nitro groups is 1. The van der Waals surface area contributed by atoms with Crippen LogP contribution in [-0.4, -0.2) is 49.0 Å². The van der Waals surface area contributed by atoms with E-state index in [0.29, 0.717) is 37.6 Å². The Morgan fingerprint density at radius 1 is 1.07 bits per heavy atom. The summed E-state index contributed by atoms with van der Waals surface area (Å²) in [5, 5.41) is 11.2. The highest BCUT2D eigenvalue weighted by Gasteiger charge is 2.24. The number of para-hydroxylation sites is 3. The number of hydrogen-bond donors (Lipinski definition) is 0. The van der Waals surface area contributed by atoms with E-state index in [1.807, 2.05) is 29.2 Å². The Balaban J connectivity index is 1.63. The molecule has 0 aliphatic carbocycles. The fourth-order valence-corrected chi connectivity index (χ4v) is 3.12. The summed E-state index contributed by atoms with van der Waals surface area (Å²) in [4.78, 5) is 27.0. The lowest BCUT2D eigenvalue weighted by Gasteiger charge is -2.35. The first-order valence-electron chi connectivity index (χ1n) is 8.68. The van der Waals surface area contributed by atoms with Crippen LogP contribution in [-0.2, 0) is 4.79 Å². The van der Waals surface area contributed by atoms with Crippen molar-refractivity contribution in [2.75, 3.05) is 38.2 Å². The van der Waals surface area contributed by atoms with Crippen LogP contribution in [0.3, 0.4) is 0 Å². The molecule has 0 saturated carbocycles. The van der Waals surface area contributed by atoms with Crippen molar-refractivity contribution < 1.29 is 14.5 Å². The zero-order chi connectivity index (χ0) is 19.2. The van der Waals surface area contributed by atoms with Crippen LogP contribution >= 0.6 is 0 Å². The molecule has 27 heavy (non-hydrogen) atoms. The predicted molar refractivity (Wildman–Crippen MR) is 104 cm³/mol. The summed E-state index contributed by atoms with van der Waals surface area (Å²) in [6.45, 7) is 2.14. The van der Waals surface area contributed by atoms with Crippen LogP contribution in [0.5, 0.6) is 5.75 Å². The van der Waals surface area contributed by atoms with Gasteiger partial charge in [0.1, 0.15) is 11.4 Å². The number of hydrogen-bond acceptors (Lipinski definition) is 5. The smallest absolute Gasteiger partial charge is 0.292 e. The molecular weight excluding hydrogens is 346 g/mol. The van der Waals surface area contributed by atoms with Gasteiger partial charge in [-0.2, -0.15) is 0 Å². The quantitative estimate of drug-likeness (QED) is 0.461. The zero-order valence-electron chi connectivity index (χ0n) is 15.1. The summed E-state index contributed by atoms with van der Waals surface area (Å²) < 4.78 is 5.28. The molecule has 0 unspecified atom stereocenters. The molecule has 0 radical (unpaired) electrons. The third-order valence-corrected chi connectivity index (χ3v) is 4.55. The molecule has 1 aliphatic heterocycles. The lowest BCUT2D eigenvalue weighted by molar-refractivity contribution is -0.384. The molecule has 7 heteroatoms. The molecule has 3 rings (SSSR count). The van der Waals surface area contributed by atoms with Crippen molar-refractivity contribution in [2.45, 2.75) is 0 Å². The maximum atomic E-state index is 12.5. The monoisotopic (exact) mass is 367 g/mol. The van der Waals surface area contributed by atoms with E-state index in [9.17, 15) is 14.9 Å². The van der Waals surface area contributed by atoms with Crippen LogP contribution in [0.2, 0.25) is 0 Å². The van der Waals surface area contributed by atoms with E-state index < -0.39 is 0 Å². The number of amides is 1. The normalized spacial score (nSPS) is 14.4. The Labute approximate surface area is 157 Å². The van der Waals surface area contributed by atoms with Gasteiger partial charge in [-0.15, -0.1) is 0 Å². The molecule has 1 heterocycles. The van der Waals surface area contributed by atoms with E-state index in [2.05, 4.69) is 0 Å². The van der Waals surface area contributed by atoms with Gasteiger partial charge in [-0.25, -0.2) is 0 Å². The first-order valence-corrected chi connectivity index (χ1v) is 8.68. The van der Waals surface area contributed by atoms with Crippen LogP contribution in [0, 0.1) is 10.1 Å². The molecule has 0 bridgehead atoms. The number of carbonyl (C=O) groups excluding carboxylic acids is 1. The lowest BCUT2D eigenvalue weighted by atomic mass is 10.1. The van der Waals surface area contributed by atoms with Crippen molar-refractivity contribution in [3.63, 3.8) is 0 Å². The molecule has 0 N–H and O–H groups in total. The number of methoxy groups -OCH3 is 1. The minimum atomic E-state index is -0.372. The summed E-state index contributed by atoms with van der Waals surface area (Å²) in [6, 6.07) is 14.2. The summed E-state index contributed by atoms with van der Waals surface area (Å²) in [7, 11) is 1.59. The number of piperazine rings is 1. The number of nitro benzene ring substituents is 1. The topological polar surface area (TPSA) is 75.9 Å². The van der Waals surface area contributed by atoms with Crippen LogP contribution in [0.4, 0.5) is 11.4 Å². The van der Waals surface area contributed by atoms with Gasteiger partial charge in [0.2, 0.25) is 5.91 Å². The second-order valence-electron chi connectivity index (χ2n) is 6.13. The Bertz CT molecular complexity index is 858. The minimum absolute atomic E-state index is 0.0804. The van der Waals surface area contributed by atoms with Crippen molar-refractivity contribution in [3.8, 4) is 5.75 Å². The van der Waals surface area contributed by atoms with Crippen LogP contribution in [0.25, 0.3) is 6.08 Å². The van der Waals surface area contributed by atoms with Gasteiger partial charge in [0.25, 0.3) is 5.69 Å². The molecule has 1 aliphatic rings. The predicted octanol–water partition coefficient (Wildman–Crippen LogP) is 2.97. The highest BCUT2D eigenvalue weighted by Crippen LogP contribution is 2.28. The van der Waals surface area contributed by atoms with Crippen molar-refractivity contribution in [3.05, 3.63) is 70.3 Å². The number of ether oxygens (including phenoxy) is 1. The molecular formula is C20H21N3O4. The van der Waals surface area contributed by atoms with Gasteiger partial charge in [0.05, 0.1) is 12.0 Å². The van der Waals surface area contributed by atoms with E-state index >= 15 is 0 Å². The lowest BCUT2D eigenvalue weighted by Crippen LogP contribution is -2.48. The Morgan fingerprint density at radius 2 is 1.74 bits per heavy atom. The van der Waals surface area contributed by atoms with E-state index in [4.69, 9.17) is 4.74 Å². The highest BCUT2D eigenvalue weighted by atomic mass is 16.6. The number of benzene rings is 2. The average molecular weight is 367 g/mol. The van der Waals surface area contributed by atoms with E-state index in [1.54, 1.807) is 42.4 Å². The Morgan fingerprint density at radius 3 is 2.44 bits per heavy atom. The van der Waals surface area contributed by atoms with Crippen LogP contribution in [0.1, 0.15) is 5.56 Å². The molecule has 0 aromatic heterocycles. The van der Waals surface area contributed by atoms with Crippen molar-refractivity contribution in [1.82, 2.24) is 4.90 Å². The standard InChI is InChI=1S/C20H21N3O4/c1-27-19-9-5-2-6-16(19)10-11-20(24)22-14-12-21(13-15-22)17-7-3-4-8-18(17)23(25)26/h2-11H,12-15H2,1H3/b11-10+. The minimum Gasteiger partial charge on any atom is -0.496 e. The molecule has 1 saturated heterocycles. The van der Waals surface area contributed by atoms with Gasteiger partial charge in [-0.3, -0.25) is 14.9 Å². The summed E-state index contributed by atoms with van der Waals surface area (Å²) in [6.07, 6.45) is 3.29. The largest absolute Gasteiger partial charge is 0.496 e. The number of carbonyl (C=O) groups is 1. The van der Waals surface area contributed by atoms with Gasteiger partial charge >= 0.3 is 0 Å². The van der Waals surface area contributed by atoms with E-state index in [-0.39, 0.29) is 16.5 Å². The van der Waals surface area contributed by atoms with Crippen molar-refractivity contribution in [2.24, 2.45) is 0 Å². The Kier molecular flexibility index (Phi) is 5.71. The SMILES string of the molecule is COc1ccccc1/C=C/C(=O)N1CCN(c2ccccc2[N+](=O)[O-])CC1. The third kappa shape index (κ3) is 4.25. The summed E-state index contributed by atoms with van der Waals surface area (Å²) >= 11 is 0. The maximum Gasteiger partial charge on any atom is 0.292 e. The zero-order valence-corrected chi connectivity index (χ0v) is 15.1. The second-order valence-corrected chi connectivity index (χ2v) is 6.13. The first kappa shape index (κ1) is 18.4. The molecule has 1 amide bonds. The van der Waals surface area contributed by atoms with Crippen molar-refractivity contribution in [1.29, 1.82) is 0 Å². The number of anilines is 1. The van der Waals surface area contributed by atoms with Gasteiger partial charge in [-0.05, 0) is 18.2 Å². The van der Waals surface area contributed by atoms with Gasteiger partial charge in [-0.1, -0.05) is 30.3 Å².